The Bertz CT molecular complexity index is 556. The zero-order chi connectivity index (χ0) is 14.0. The molecule has 0 aliphatic carbocycles. The van der Waals surface area contributed by atoms with Crippen molar-refractivity contribution < 1.29 is 0 Å². The van der Waals surface area contributed by atoms with Crippen LogP contribution in [0.25, 0.3) is 11.2 Å². The number of aromatic nitrogens is 3. The van der Waals surface area contributed by atoms with E-state index in [0.717, 1.165) is 41.9 Å². The van der Waals surface area contributed by atoms with Gasteiger partial charge in [-0.3, -0.25) is 0 Å². The maximum Gasteiger partial charge on any atom is 0.160 e. The highest BCUT2D eigenvalue weighted by atomic mass is 35.5. The average molecular weight is 280 g/mol. The highest BCUT2D eigenvalue weighted by Gasteiger charge is 2.18. The van der Waals surface area contributed by atoms with Crippen LogP contribution in [0.3, 0.4) is 0 Å². The van der Waals surface area contributed by atoms with Gasteiger partial charge in [-0.2, -0.15) is 0 Å². The molecule has 0 aliphatic rings. The Morgan fingerprint density at radius 2 is 2.00 bits per heavy atom. The Labute approximate surface area is 120 Å². The molecule has 3 nitrogen and oxygen atoms in total. The lowest BCUT2D eigenvalue weighted by Crippen LogP contribution is -2.13. The predicted octanol–water partition coefficient (Wildman–Crippen LogP) is 4.48. The van der Waals surface area contributed by atoms with E-state index in [0.29, 0.717) is 5.92 Å². The highest BCUT2D eigenvalue weighted by molar-refractivity contribution is 6.20. The summed E-state index contributed by atoms with van der Waals surface area (Å²) in [5.74, 6) is 1.58. The molecule has 19 heavy (non-hydrogen) atoms. The zero-order valence-corrected chi connectivity index (χ0v) is 12.9. The van der Waals surface area contributed by atoms with Crippen molar-refractivity contribution in [1.29, 1.82) is 0 Å². The Kier molecular flexibility index (Phi) is 4.46. The van der Waals surface area contributed by atoms with Gasteiger partial charge >= 0.3 is 0 Å². The molecular weight excluding hydrogens is 258 g/mol. The second kappa shape index (κ2) is 5.91. The van der Waals surface area contributed by atoms with Crippen LogP contribution < -0.4 is 0 Å². The SMILES string of the molecule is CCC(CC)Cn1c(C(C)Cl)nc2c(C)ccnc21. The molecule has 1 unspecified atom stereocenters. The fourth-order valence-corrected chi connectivity index (χ4v) is 2.61. The number of rotatable bonds is 5. The Hall–Kier alpha value is -1.09. The second-order valence-corrected chi connectivity index (χ2v) is 5.83. The molecule has 0 saturated heterocycles. The standard InChI is InChI=1S/C15H22ClN3/c1-5-12(6-2)9-19-14(11(4)16)18-13-10(3)7-8-17-15(13)19/h7-8,11-12H,5-6,9H2,1-4H3. The first-order chi connectivity index (χ1) is 9.08. The molecule has 0 amide bonds. The van der Waals surface area contributed by atoms with E-state index in [-0.39, 0.29) is 5.38 Å². The molecule has 0 N–H and O–H groups in total. The predicted molar refractivity (Wildman–Crippen MR) is 80.6 cm³/mol. The molecule has 2 rings (SSSR count). The first-order valence-electron chi connectivity index (χ1n) is 7.04. The molecule has 2 aromatic heterocycles. The van der Waals surface area contributed by atoms with Crippen LogP contribution >= 0.6 is 11.6 Å². The lowest BCUT2D eigenvalue weighted by Gasteiger charge is -2.16. The van der Waals surface area contributed by atoms with Crippen molar-refractivity contribution in [2.24, 2.45) is 5.92 Å². The van der Waals surface area contributed by atoms with Gasteiger partial charge in [0.25, 0.3) is 0 Å². The van der Waals surface area contributed by atoms with Gasteiger partial charge in [0.15, 0.2) is 5.65 Å². The molecule has 4 heteroatoms. The number of imidazole rings is 1. The van der Waals surface area contributed by atoms with Crippen LogP contribution in [-0.4, -0.2) is 14.5 Å². The molecule has 104 valence electrons. The minimum Gasteiger partial charge on any atom is -0.311 e. The maximum atomic E-state index is 6.29. The fraction of sp³-hybridized carbons (Fsp3) is 0.600. The van der Waals surface area contributed by atoms with Gasteiger partial charge in [0, 0.05) is 12.7 Å². The van der Waals surface area contributed by atoms with Gasteiger partial charge in [-0.25, -0.2) is 9.97 Å². The first-order valence-corrected chi connectivity index (χ1v) is 7.47. The van der Waals surface area contributed by atoms with Crippen LogP contribution in [-0.2, 0) is 6.54 Å². The molecule has 0 aliphatic heterocycles. The summed E-state index contributed by atoms with van der Waals surface area (Å²) in [5.41, 5.74) is 3.11. The molecule has 1 atom stereocenters. The lowest BCUT2D eigenvalue weighted by atomic mass is 10.0. The van der Waals surface area contributed by atoms with Crippen molar-refractivity contribution in [3.8, 4) is 0 Å². The largest absolute Gasteiger partial charge is 0.311 e. The number of alkyl halides is 1. The van der Waals surface area contributed by atoms with E-state index >= 15 is 0 Å². The van der Waals surface area contributed by atoms with Crippen LogP contribution in [0.4, 0.5) is 0 Å². The van der Waals surface area contributed by atoms with Crippen LogP contribution in [0.15, 0.2) is 12.3 Å². The first kappa shape index (κ1) is 14.3. The van der Waals surface area contributed by atoms with E-state index in [9.17, 15) is 0 Å². The topological polar surface area (TPSA) is 30.7 Å². The highest BCUT2D eigenvalue weighted by Crippen LogP contribution is 2.27. The van der Waals surface area contributed by atoms with Crippen molar-refractivity contribution in [2.45, 2.75) is 52.5 Å². The average Bonchev–Trinajstić information content (AvgIpc) is 2.76. The summed E-state index contributed by atoms with van der Waals surface area (Å²) in [4.78, 5) is 9.21. The smallest absolute Gasteiger partial charge is 0.160 e. The van der Waals surface area contributed by atoms with Crippen molar-refractivity contribution in [1.82, 2.24) is 14.5 Å². The summed E-state index contributed by atoms with van der Waals surface area (Å²) < 4.78 is 2.21. The number of halogens is 1. The molecule has 0 aromatic carbocycles. The van der Waals surface area contributed by atoms with Gasteiger partial charge in [0.1, 0.15) is 11.3 Å². The van der Waals surface area contributed by atoms with Crippen LogP contribution in [0, 0.1) is 12.8 Å². The monoisotopic (exact) mass is 279 g/mol. The third-order valence-electron chi connectivity index (χ3n) is 3.82. The van der Waals surface area contributed by atoms with Gasteiger partial charge in [-0.15, -0.1) is 11.6 Å². The Morgan fingerprint density at radius 3 is 2.58 bits per heavy atom. The van der Waals surface area contributed by atoms with E-state index < -0.39 is 0 Å². The summed E-state index contributed by atoms with van der Waals surface area (Å²) in [6, 6.07) is 2.00. The van der Waals surface area contributed by atoms with E-state index in [1.54, 1.807) is 0 Å². The number of pyridine rings is 1. The van der Waals surface area contributed by atoms with E-state index in [2.05, 4.69) is 30.3 Å². The number of hydrogen-bond donors (Lipinski definition) is 0. The molecule has 0 bridgehead atoms. The maximum absolute atomic E-state index is 6.29. The van der Waals surface area contributed by atoms with Crippen molar-refractivity contribution in [2.75, 3.05) is 0 Å². The third-order valence-corrected chi connectivity index (χ3v) is 4.01. The molecule has 0 fully saturated rings. The van der Waals surface area contributed by atoms with Crippen LogP contribution in [0.1, 0.15) is 50.4 Å². The van der Waals surface area contributed by atoms with Gasteiger partial charge in [-0.1, -0.05) is 26.7 Å². The Morgan fingerprint density at radius 1 is 1.32 bits per heavy atom. The van der Waals surface area contributed by atoms with Crippen molar-refractivity contribution in [3.05, 3.63) is 23.7 Å². The summed E-state index contributed by atoms with van der Waals surface area (Å²) in [6.45, 7) is 9.46. The van der Waals surface area contributed by atoms with Gasteiger partial charge in [0.05, 0.1) is 5.38 Å². The van der Waals surface area contributed by atoms with Gasteiger partial charge < -0.3 is 4.57 Å². The molecule has 2 aromatic rings. The molecule has 0 saturated carbocycles. The van der Waals surface area contributed by atoms with Gasteiger partial charge in [-0.05, 0) is 31.4 Å². The van der Waals surface area contributed by atoms with Crippen molar-refractivity contribution in [3.63, 3.8) is 0 Å². The minimum absolute atomic E-state index is 0.0945. The molecule has 0 spiro atoms. The third kappa shape index (κ3) is 2.76. The second-order valence-electron chi connectivity index (χ2n) is 5.18. The van der Waals surface area contributed by atoms with E-state index in [1.807, 2.05) is 19.2 Å². The summed E-state index contributed by atoms with van der Waals surface area (Å²) in [6.07, 6.45) is 4.18. The van der Waals surface area contributed by atoms with E-state index in [4.69, 9.17) is 16.6 Å². The Balaban J connectivity index is 2.55. The fourth-order valence-electron chi connectivity index (χ4n) is 2.44. The summed E-state index contributed by atoms with van der Waals surface area (Å²) in [7, 11) is 0. The van der Waals surface area contributed by atoms with Gasteiger partial charge in [0.2, 0.25) is 0 Å². The molecule has 0 radical (unpaired) electrons. The van der Waals surface area contributed by atoms with Crippen molar-refractivity contribution >= 4 is 22.8 Å². The van der Waals surface area contributed by atoms with Crippen LogP contribution in [0.5, 0.6) is 0 Å². The lowest BCUT2D eigenvalue weighted by molar-refractivity contribution is 0.415. The number of aryl methyl sites for hydroxylation is 1. The number of hydrogen-bond acceptors (Lipinski definition) is 2. The minimum atomic E-state index is -0.0945. The molecule has 2 heterocycles. The number of nitrogens with zero attached hydrogens (tertiary/aromatic N) is 3. The molecular formula is C15H22ClN3. The quantitative estimate of drug-likeness (QED) is 0.756. The van der Waals surface area contributed by atoms with E-state index in [1.165, 1.54) is 0 Å². The number of fused-ring (bicyclic) bond motifs is 1. The normalized spacial score (nSPS) is 13.4. The van der Waals surface area contributed by atoms with Crippen LogP contribution in [0.2, 0.25) is 0 Å². The summed E-state index contributed by atoms with van der Waals surface area (Å²) >= 11 is 6.29. The summed E-state index contributed by atoms with van der Waals surface area (Å²) in [5, 5.41) is -0.0945. The zero-order valence-electron chi connectivity index (χ0n) is 12.2.